The number of fused-ring (bicyclic) bond motifs is 1. The Morgan fingerprint density at radius 2 is 1.96 bits per heavy atom. The first-order valence-electron chi connectivity index (χ1n) is 8.63. The Balaban J connectivity index is 1.25. The van der Waals surface area contributed by atoms with Crippen molar-refractivity contribution in [2.75, 3.05) is 32.7 Å². The zero-order valence-electron chi connectivity index (χ0n) is 13.4. The maximum absolute atomic E-state index is 12.3. The molecule has 0 radical (unpaired) electrons. The minimum Gasteiger partial charge on any atom is -0.361 e. The number of urea groups is 1. The van der Waals surface area contributed by atoms with Gasteiger partial charge in [0.05, 0.1) is 0 Å². The van der Waals surface area contributed by atoms with Gasteiger partial charge in [0.25, 0.3) is 0 Å². The number of aromatic nitrogens is 1. The highest BCUT2D eigenvalue weighted by Crippen LogP contribution is 2.27. The van der Waals surface area contributed by atoms with Crippen LogP contribution in [-0.4, -0.2) is 59.6 Å². The Kier molecular flexibility index (Phi) is 3.95. The number of carbonyl (C=O) groups excluding carboxylic acids is 1. The molecule has 1 aliphatic heterocycles. The van der Waals surface area contributed by atoms with E-state index in [2.05, 4.69) is 33.4 Å². The Morgan fingerprint density at radius 1 is 1.17 bits per heavy atom. The average molecular weight is 312 g/mol. The van der Waals surface area contributed by atoms with Gasteiger partial charge in [-0.25, -0.2) is 4.79 Å². The van der Waals surface area contributed by atoms with Crippen LogP contribution >= 0.6 is 0 Å². The van der Waals surface area contributed by atoms with Crippen LogP contribution in [0.1, 0.15) is 18.4 Å². The molecule has 0 bridgehead atoms. The van der Waals surface area contributed by atoms with Crippen LogP contribution in [-0.2, 0) is 6.42 Å². The molecular formula is C18H24N4O. The Bertz CT molecular complexity index is 683. The number of carbonyl (C=O) groups is 1. The van der Waals surface area contributed by atoms with Crippen LogP contribution in [0, 0.1) is 0 Å². The van der Waals surface area contributed by atoms with Crippen LogP contribution in [0.15, 0.2) is 30.5 Å². The molecule has 4 rings (SSSR count). The van der Waals surface area contributed by atoms with E-state index in [4.69, 9.17) is 0 Å². The number of amides is 2. The van der Waals surface area contributed by atoms with E-state index in [1.165, 1.54) is 23.8 Å². The summed E-state index contributed by atoms with van der Waals surface area (Å²) in [7, 11) is 0. The zero-order chi connectivity index (χ0) is 15.6. The fourth-order valence-corrected chi connectivity index (χ4v) is 3.48. The lowest BCUT2D eigenvalue weighted by molar-refractivity contribution is 0.135. The molecule has 2 aromatic rings. The highest BCUT2D eigenvalue weighted by atomic mass is 16.2. The summed E-state index contributed by atoms with van der Waals surface area (Å²) in [6.07, 6.45) is 5.59. The molecular weight excluding hydrogens is 288 g/mol. The van der Waals surface area contributed by atoms with Gasteiger partial charge in [-0.3, -0.25) is 4.90 Å². The molecule has 1 aromatic carbocycles. The lowest BCUT2D eigenvalue weighted by Gasteiger charge is -2.34. The van der Waals surface area contributed by atoms with Crippen LogP contribution < -0.4 is 5.32 Å². The molecule has 2 heterocycles. The van der Waals surface area contributed by atoms with Crippen molar-refractivity contribution < 1.29 is 4.79 Å². The van der Waals surface area contributed by atoms with Gasteiger partial charge < -0.3 is 15.2 Å². The van der Waals surface area contributed by atoms with Crippen molar-refractivity contribution in [1.29, 1.82) is 0 Å². The summed E-state index contributed by atoms with van der Waals surface area (Å²) in [5.41, 5.74) is 2.42. The second-order valence-corrected chi connectivity index (χ2v) is 6.60. The van der Waals surface area contributed by atoms with Crippen LogP contribution in [0.5, 0.6) is 0 Å². The number of nitrogens with one attached hydrogen (secondary N) is 2. The third kappa shape index (κ3) is 3.20. The van der Waals surface area contributed by atoms with Crippen molar-refractivity contribution in [3.63, 3.8) is 0 Å². The lowest BCUT2D eigenvalue weighted by atomic mass is 10.1. The van der Waals surface area contributed by atoms with Crippen LogP contribution in [0.2, 0.25) is 0 Å². The van der Waals surface area contributed by atoms with Crippen molar-refractivity contribution in [2.24, 2.45) is 0 Å². The predicted octanol–water partition coefficient (Wildman–Crippen LogP) is 2.20. The molecule has 2 amide bonds. The quantitative estimate of drug-likeness (QED) is 0.909. The summed E-state index contributed by atoms with van der Waals surface area (Å²) in [5, 5.41) is 4.32. The second-order valence-electron chi connectivity index (χ2n) is 6.60. The molecule has 0 spiro atoms. The van der Waals surface area contributed by atoms with Gasteiger partial charge in [-0.2, -0.15) is 0 Å². The van der Waals surface area contributed by atoms with E-state index in [9.17, 15) is 4.79 Å². The maximum Gasteiger partial charge on any atom is 0.317 e. The first kappa shape index (κ1) is 14.6. The molecule has 2 fully saturated rings. The maximum atomic E-state index is 12.3. The van der Waals surface area contributed by atoms with Gasteiger partial charge >= 0.3 is 6.03 Å². The van der Waals surface area contributed by atoms with Gasteiger partial charge in [-0.15, -0.1) is 0 Å². The van der Waals surface area contributed by atoms with Gasteiger partial charge in [0, 0.05) is 55.9 Å². The predicted molar refractivity (Wildman–Crippen MR) is 91.6 cm³/mol. The first-order chi connectivity index (χ1) is 11.3. The van der Waals surface area contributed by atoms with Crippen LogP contribution in [0.4, 0.5) is 4.79 Å². The van der Waals surface area contributed by atoms with E-state index in [1.54, 1.807) is 0 Å². The van der Waals surface area contributed by atoms with Crippen molar-refractivity contribution >= 4 is 16.9 Å². The minimum atomic E-state index is 0.0836. The number of piperazine rings is 1. The normalized spacial score (nSPS) is 19.2. The van der Waals surface area contributed by atoms with Crippen LogP contribution in [0.25, 0.3) is 10.9 Å². The molecule has 1 aromatic heterocycles. The summed E-state index contributed by atoms with van der Waals surface area (Å²) < 4.78 is 0. The molecule has 1 saturated carbocycles. The summed E-state index contributed by atoms with van der Waals surface area (Å²) in [6, 6.07) is 9.18. The molecule has 1 saturated heterocycles. The molecule has 23 heavy (non-hydrogen) atoms. The summed E-state index contributed by atoms with van der Waals surface area (Å²) in [4.78, 5) is 20.0. The monoisotopic (exact) mass is 312 g/mol. The van der Waals surface area contributed by atoms with E-state index in [0.29, 0.717) is 6.54 Å². The summed E-state index contributed by atoms with van der Waals surface area (Å²) in [6.45, 7) is 4.45. The van der Waals surface area contributed by atoms with Crippen LogP contribution in [0.3, 0.4) is 0 Å². The number of rotatable bonds is 4. The topological polar surface area (TPSA) is 51.4 Å². The molecule has 0 atom stereocenters. The number of hydrogen-bond acceptors (Lipinski definition) is 2. The Labute approximate surface area is 136 Å². The molecule has 122 valence electrons. The van der Waals surface area contributed by atoms with E-state index < -0.39 is 0 Å². The van der Waals surface area contributed by atoms with E-state index in [1.807, 2.05) is 17.2 Å². The van der Waals surface area contributed by atoms with E-state index in [-0.39, 0.29) is 6.03 Å². The third-order valence-electron chi connectivity index (χ3n) is 5.01. The average Bonchev–Trinajstić information content (AvgIpc) is 3.37. The number of H-pyrrole nitrogens is 1. The minimum absolute atomic E-state index is 0.0836. The van der Waals surface area contributed by atoms with Crippen molar-refractivity contribution in [1.82, 2.24) is 20.1 Å². The van der Waals surface area contributed by atoms with Gasteiger partial charge in [0.15, 0.2) is 0 Å². The molecule has 2 N–H and O–H groups in total. The highest BCUT2D eigenvalue weighted by Gasteiger charge is 2.32. The van der Waals surface area contributed by atoms with E-state index >= 15 is 0 Å². The number of hydrogen-bond donors (Lipinski definition) is 2. The number of benzene rings is 1. The standard InChI is InChI=1S/C18H24N4O/c23-18(22-11-9-21(10-12-22)15-5-6-15)19-8-7-14-13-20-17-4-2-1-3-16(14)17/h1-4,13,15,20H,5-12H2,(H,19,23). The molecule has 1 aliphatic carbocycles. The first-order valence-corrected chi connectivity index (χ1v) is 8.63. The Hall–Kier alpha value is -2.01. The van der Waals surface area contributed by atoms with Gasteiger partial charge in [-0.05, 0) is 30.9 Å². The van der Waals surface area contributed by atoms with Gasteiger partial charge in [-0.1, -0.05) is 18.2 Å². The molecule has 0 unspecified atom stereocenters. The Morgan fingerprint density at radius 3 is 2.74 bits per heavy atom. The zero-order valence-corrected chi connectivity index (χ0v) is 13.4. The SMILES string of the molecule is O=C(NCCc1c[nH]c2ccccc12)N1CCN(C2CC2)CC1. The van der Waals surface area contributed by atoms with Gasteiger partial charge in [0.1, 0.15) is 0 Å². The summed E-state index contributed by atoms with van der Waals surface area (Å²) >= 11 is 0. The van der Waals surface area contributed by atoms with Crippen molar-refractivity contribution in [3.8, 4) is 0 Å². The second kappa shape index (κ2) is 6.24. The fourth-order valence-electron chi connectivity index (χ4n) is 3.48. The number of nitrogens with zero attached hydrogens (tertiary/aromatic N) is 2. The van der Waals surface area contributed by atoms with Gasteiger partial charge in [0.2, 0.25) is 0 Å². The van der Waals surface area contributed by atoms with E-state index in [0.717, 1.165) is 44.2 Å². The molecule has 5 heteroatoms. The van der Waals surface area contributed by atoms with Crippen molar-refractivity contribution in [2.45, 2.75) is 25.3 Å². The third-order valence-corrected chi connectivity index (χ3v) is 5.01. The largest absolute Gasteiger partial charge is 0.361 e. The summed E-state index contributed by atoms with van der Waals surface area (Å²) in [5.74, 6) is 0. The van der Waals surface area contributed by atoms with Crippen molar-refractivity contribution in [3.05, 3.63) is 36.0 Å². The fraction of sp³-hybridized carbons (Fsp3) is 0.500. The molecule has 2 aliphatic rings. The number of aromatic amines is 1. The molecule has 5 nitrogen and oxygen atoms in total. The highest BCUT2D eigenvalue weighted by molar-refractivity contribution is 5.83. The lowest BCUT2D eigenvalue weighted by Crippen LogP contribution is -2.52. The smallest absolute Gasteiger partial charge is 0.317 e. The number of para-hydroxylation sites is 1.